The minimum absolute atomic E-state index is 0.363. The summed E-state index contributed by atoms with van der Waals surface area (Å²) in [5, 5.41) is 10.5. The molecule has 1 aromatic rings. The maximum Gasteiger partial charge on any atom is 0.162 e. The van der Waals surface area contributed by atoms with Crippen molar-refractivity contribution >= 4 is 17.1 Å². The molecule has 1 rings (SSSR count). The number of aromatic hydroxyl groups is 1. The van der Waals surface area contributed by atoms with Gasteiger partial charge in [-0.2, -0.15) is 0 Å². The third-order valence-corrected chi connectivity index (χ3v) is 3.74. The first kappa shape index (κ1) is 15.5. The van der Waals surface area contributed by atoms with Gasteiger partial charge in [0.15, 0.2) is 5.75 Å². The molecule has 0 aliphatic rings. The molecule has 19 heavy (non-hydrogen) atoms. The zero-order valence-corrected chi connectivity index (χ0v) is 13.1. The SMILES string of the molecule is CCN(C)c1cc(N(C)CC)c(O)c(N(C)CC)c1. The van der Waals surface area contributed by atoms with Crippen molar-refractivity contribution < 1.29 is 5.11 Å². The summed E-state index contributed by atoms with van der Waals surface area (Å²) >= 11 is 0. The standard InChI is InChI=1S/C15H27N3O/c1-7-16(4)12-10-13(17(5)8-2)15(19)14(11-12)18(6)9-3/h10-11,19H,7-9H2,1-6H3. The first-order valence-corrected chi connectivity index (χ1v) is 6.96. The van der Waals surface area contributed by atoms with Gasteiger partial charge in [-0.25, -0.2) is 0 Å². The van der Waals surface area contributed by atoms with Crippen LogP contribution in [-0.4, -0.2) is 45.9 Å². The zero-order chi connectivity index (χ0) is 14.6. The van der Waals surface area contributed by atoms with Crippen molar-refractivity contribution in [1.29, 1.82) is 0 Å². The summed E-state index contributed by atoms with van der Waals surface area (Å²) in [7, 11) is 6.07. The molecule has 0 spiro atoms. The third kappa shape index (κ3) is 3.25. The number of hydrogen-bond acceptors (Lipinski definition) is 4. The Morgan fingerprint density at radius 1 is 0.789 bits per heavy atom. The van der Waals surface area contributed by atoms with Crippen LogP contribution in [-0.2, 0) is 0 Å². The highest BCUT2D eigenvalue weighted by atomic mass is 16.3. The van der Waals surface area contributed by atoms with Gasteiger partial charge in [-0.1, -0.05) is 0 Å². The predicted molar refractivity (Wildman–Crippen MR) is 84.9 cm³/mol. The van der Waals surface area contributed by atoms with E-state index in [0.717, 1.165) is 36.7 Å². The normalized spacial score (nSPS) is 10.4. The number of anilines is 3. The van der Waals surface area contributed by atoms with Crippen LogP contribution in [0.4, 0.5) is 17.1 Å². The molecule has 0 saturated heterocycles. The van der Waals surface area contributed by atoms with Crippen molar-refractivity contribution in [3.05, 3.63) is 12.1 Å². The van der Waals surface area contributed by atoms with Crippen LogP contribution in [0.5, 0.6) is 5.75 Å². The second kappa shape index (κ2) is 6.55. The number of nitrogens with zero attached hydrogens (tertiary/aromatic N) is 3. The zero-order valence-electron chi connectivity index (χ0n) is 13.1. The van der Waals surface area contributed by atoms with Gasteiger partial charge in [-0.15, -0.1) is 0 Å². The van der Waals surface area contributed by atoms with Crippen LogP contribution in [0, 0.1) is 0 Å². The molecule has 0 saturated carbocycles. The minimum Gasteiger partial charge on any atom is -0.504 e. The topological polar surface area (TPSA) is 30.0 Å². The Labute approximate surface area is 117 Å². The molecular formula is C15H27N3O. The Balaban J connectivity index is 3.37. The monoisotopic (exact) mass is 265 g/mol. The quantitative estimate of drug-likeness (QED) is 0.856. The molecule has 4 nitrogen and oxygen atoms in total. The van der Waals surface area contributed by atoms with E-state index < -0.39 is 0 Å². The molecule has 0 unspecified atom stereocenters. The summed E-state index contributed by atoms with van der Waals surface area (Å²) in [6.07, 6.45) is 0. The lowest BCUT2D eigenvalue weighted by Crippen LogP contribution is -2.22. The molecular weight excluding hydrogens is 238 g/mol. The van der Waals surface area contributed by atoms with Gasteiger partial charge >= 0.3 is 0 Å². The first-order valence-electron chi connectivity index (χ1n) is 6.96. The molecule has 0 bridgehead atoms. The Hall–Kier alpha value is -1.58. The van der Waals surface area contributed by atoms with Crippen LogP contribution in [0.1, 0.15) is 20.8 Å². The summed E-state index contributed by atoms with van der Waals surface area (Å²) in [5.41, 5.74) is 2.90. The Bertz CT molecular complexity index is 389. The van der Waals surface area contributed by atoms with Gasteiger partial charge < -0.3 is 19.8 Å². The largest absolute Gasteiger partial charge is 0.504 e. The fourth-order valence-electron chi connectivity index (χ4n) is 1.92. The summed E-state index contributed by atoms with van der Waals surface area (Å²) in [4.78, 5) is 6.31. The molecule has 0 aliphatic heterocycles. The van der Waals surface area contributed by atoms with Gasteiger partial charge in [0, 0.05) is 46.5 Å². The second-order valence-electron chi connectivity index (χ2n) is 4.88. The molecule has 0 aliphatic carbocycles. The van der Waals surface area contributed by atoms with E-state index >= 15 is 0 Å². The van der Waals surface area contributed by atoms with Gasteiger partial charge in [0.2, 0.25) is 0 Å². The van der Waals surface area contributed by atoms with E-state index in [-0.39, 0.29) is 0 Å². The summed E-state index contributed by atoms with van der Waals surface area (Å²) in [6, 6.07) is 4.10. The number of phenols is 1. The highest BCUT2D eigenvalue weighted by molar-refractivity contribution is 5.78. The smallest absolute Gasteiger partial charge is 0.162 e. The van der Waals surface area contributed by atoms with Gasteiger partial charge in [0.1, 0.15) is 0 Å². The van der Waals surface area contributed by atoms with Crippen molar-refractivity contribution in [1.82, 2.24) is 0 Å². The van der Waals surface area contributed by atoms with E-state index in [1.807, 2.05) is 14.1 Å². The predicted octanol–water partition coefficient (Wildman–Crippen LogP) is 2.76. The molecule has 1 N–H and O–H groups in total. The molecule has 0 aromatic heterocycles. The van der Waals surface area contributed by atoms with E-state index in [9.17, 15) is 5.11 Å². The number of phenolic OH excluding ortho intramolecular Hbond substituents is 1. The van der Waals surface area contributed by atoms with Crippen LogP contribution in [0.15, 0.2) is 12.1 Å². The fourth-order valence-corrected chi connectivity index (χ4v) is 1.92. The third-order valence-electron chi connectivity index (χ3n) is 3.74. The van der Waals surface area contributed by atoms with E-state index in [0.29, 0.717) is 5.75 Å². The van der Waals surface area contributed by atoms with Crippen LogP contribution in [0.3, 0.4) is 0 Å². The number of hydrogen-bond donors (Lipinski definition) is 1. The Morgan fingerprint density at radius 3 is 1.47 bits per heavy atom. The summed E-state index contributed by atoms with van der Waals surface area (Å²) < 4.78 is 0. The lowest BCUT2D eigenvalue weighted by atomic mass is 10.1. The van der Waals surface area contributed by atoms with E-state index in [1.54, 1.807) is 0 Å². The lowest BCUT2D eigenvalue weighted by Gasteiger charge is -2.27. The van der Waals surface area contributed by atoms with Gasteiger partial charge in [0.05, 0.1) is 11.4 Å². The van der Waals surface area contributed by atoms with Gasteiger partial charge in [-0.05, 0) is 32.9 Å². The number of benzene rings is 1. The van der Waals surface area contributed by atoms with Crippen LogP contribution in [0.2, 0.25) is 0 Å². The van der Waals surface area contributed by atoms with Crippen molar-refractivity contribution in [3.8, 4) is 5.75 Å². The molecule has 0 heterocycles. The molecule has 108 valence electrons. The summed E-state index contributed by atoms with van der Waals surface area (Å²) in [5.74, 6) is 0.363. The van der Waals surface area contributed by atoms with Crippen LogP contribution >= 0.6 is 0 Å². The molecule has 4 heteroatoms. The average Bonchev–Trinajstić information content (AvgIpc) is 2.44. The maximum atomic E-state index is 10.5. The highest BCUT2D eigenvalue weighted by Crippen LogP contribution is 2.40. The molecule has 0 radical (unpaired) electrons. The van der Waals surface area contributed by atoms with E-state index in [4.69, 9.17) is 0 Å². The number of rotatable bonds is 6. The Morgan fingerprint density at radius 2 is 1.16 bits per heavy atom. The summed E-state index contributed by atoms with van der Waals surface area (Å²) in [6.45, 7) is 8.95. The van der Waals surface area contributed by atoms with E-state index in [1.165, 1.54) is 0 Å². The molecule has 1 aromatic carbocycles. The fraction of sp³-hybridized carbons (Fsp3) is 0.600. The first-order chi connectivity index (χ1) is 8.96. The van der Waals surface area contributed by atoms with Crippen molar-refractivity contribution in [2.75, 3.05) is 55.5 Å². The maximum absolute atomic E-state index is 10.5. The lowest BCUT2D eigenvalue weighted by molar-refractivity contribution is 0.475. The highest BCUT2D eigenvalue weighted by Gasteiger charge is 2.16. The van der Waals surface area contributed by atoms with Gasteiger partial charge in [0.25, 0.3) is 0 Å². The second-order valence-corrected chi connectivity index (χ2v) is 4.88. The van der Waals surface area contributed by atoms with Gasteiger partial charge in [-0.3, -0.25) is 0 Å². The molecule has 0 fully saturated rings. The molecule has 0 atom stereocenters. The average molecular weight is 265 g/mol. The van der Waals surface area contributed by atoms with Crippen molar-refractivity contribution in [2.45, 2.75) is 20.8 Å². The van der Waals surface area contributed by atoms with Crippen LogP contribution in [0.25, 0.3) is 0 Å². The minimum atomic E-state index is 0.363. The molecule has 0 amide bonds. The Kier molecular flexibility index (Phi) is 5.33. The van der Waals surface area contributed by atoms with Crippen LogP contribution < -0.4 is 14.7 Å². The van der Waals surface area contributed by atoms with Crippen molar-refractivity contribution in [2.24, 2.45) is 0 Å². The van der Waals surface area contributed by atoms with E-state index in [2.05, 4.69) is 54.7 Å². The van der Waals surface area contributed by atoms with Crippen molar-refractivity contribution in [3.63, 3.8) is 0 Å².